The van der Waals surface area contributed by atoms with Crippen molar-refractivity contribution in [2.75, 3.05) is 13.4 Å². The fourth-order valence-corrected chi connectivity index (χ4v) is 2.92. The topological polar surface area (TPSA) is 158 Å². The zero-order valence-electron chi connectivity index (χ0n) is 13.8. The van der Waals surface area contributed by atoms with Crippen LogP contribution >= 0.6 is 0 Å². The lowest BCUT2D eigenvalue weighted by molar-refractivity contribution is 0.0937. The van der Waals surface area contributed by atoms with E-state index in [1.165, 1.54) is 0 Å². The molecule has 136 valence electrons. The van der Waals surface area contributed by atoms with Crippen molar-refractivity contribution in [3.8, 4) is 0 Å². The lowest BCUT2D eigenvalue weighted by Crippen LogP contribution is -2.36. The fourth-order valence-electron chi connectivity index (χ4n) is 2.92. The maximum Gasteiger partial charge on any atom is 0.274 e. The maximum absolute atomic E-state index is 12.1. The van der Waals surface area contributed by atoms with Crippen LogP contribution in [0.1, 0.15) is 34.1 Å². The molecule has 0 aliphatic heterocycles. The average molecular weight is 368 g/mol. The van der Waals surface area contributed by atoms with Crippen LogP contribution in [0, 0.1) is 5.41 Å². The molecule has 0 spiro atoms. The summed E-state index contributed by atoms with van der Waals surface area (Å²) in [6.45, 7) is 0. The van der Waals surface area contributed by atoms with Gasteiger partial charge in [-0.3, -0.25) is 20.1 Å². The Kier molecular flexibility index (Phi) is 5.45. The Morgan fingerprint density at radius 1 is 1.48 bits per heavy atom. The number of carbonyl (C=O) groups is 1. The normalized spacial score (nSPS) is 16.0. The number of ether oxygens (including phenoxy) is 1. The number of rotatable bonds is 2. The number of benzene rings is 1. The van der Waals surface area contributed by atoms with Crippen molar-refractivity contribution in [2.24, 2.45) is 5.73 Å². The number of H-pyrrole nitrogens is 1. The van der Waals surface area contributed by atoms with Crippen LogP contribution in [0.15, 0.2) is 18.2 Å². The molecule has 10 heteroatoms. The number of aromatic nitrogens is 1. The number of amides is 1. The van der Waals surface area contributed by atoms with Crippen LogP contribution in [-0.4, -0.2) is 43.2 Å². The SMILES string of the molecule is COC1CCc2c(C(=O)NC(=N)N)[nH]c3cccc1c23.CS(=O)(=O)O. The van der Waals surface area contributed by atoms with Gasteiger partial charge in [-0.15, -0.1) is 0 Å². The molecule has 6 N–H and O–H groups in total. The van der Waals surface area contributed by atoms with Crippen molar-refractivity contribution in [2.45, 2.75) is 18.9 Å². The van der Waals surface area contributed by atoms with Crippen molar-refractivity contribution in [3.05, 3.63) is 35.0 Å². The van der Waals surface area contributed by atoms with E-state index in [2.05, 4.69) is 10.3 Å². The predicted molar refractivity (Wildman–Crippen MR) is 93.2 cm³/mol. The van der Waals surface area contributed by atoms with Crippen LogP contribution in [0.2, 0.25) is 0 Å². The van der Waals surface area contributed by atoms with E-state index in [1.807, 2.05) is 18.2 Å². The number of hydrogen-bond acceptors (Lipinski definition) is 5. The summed E-state index contributed by atoms with van der Waals surface area (Å²) < 4.78 is 31.4. The van der Waals surface area contributed by atoms with Gasteiger partial charge in [0.2, 0.25) is 0 Å². The zero-order chi connectivity index (χ0) is 18.8. The minimum atomic E-state index is -3.67. The summed E-state index contributed by atoms with van der Waals surface area (Å²) in [5, 5.41) is 10.5. The molecule has 1 heterocycles. The molecule has 9 nitrogen and oxygen atoms in total. The summed E-state index contributed by atoms with van der Waals surface area (Å²) in [6, 6.07) is 5.91. The molecule has 0 saturated heterocycles. The highest BCUT2D eigenvalue weighted by Gasteiger charge is 2.27. The van der Waals surface area contributed by atoms with Gasteiger partial charge in [0.1, 0.15) is 5.69 Å². The summed E-state index contributed by atoms with van der Waals surface area (Å²) in [6.07, 6.45) is 2.37. The molecule has 0 radical (unpaired) electrons. The second-order valence-corrected chi connectivity index (χ2v) is 7.08. The van der Waals surface area contributed by atoms with E-state index in [4.69, 9.17) is 20.4 Å². The Bertz CT molecular complexity index is 911. The predicted octanol–water partition coefficient (Wildman–Crippen LogP) is 0.929. The number of aryl methyl sites for hydroxylation is 1. The third kappa shape index (κ3) is 4.56. The molecule has 1 aromatic carbocycles. The second kappa shape index (κ2) is 7.21. The monoisotopic (exact) mass is 368 g/mol. The van der Waals surface area contributed by atoms with Crippen LogP contribution in [0.4, 0.5) is 0 Å². The van der Waals surface area contributed by atoms with E-state index in [9.17, 15) is 13.2 Å². The molecule has 0 bridgehead atoms. The van der Waals surface area contributed by atoms with Crippen molar-refractivity contribution < 1.29 is 22.5 Å². The van der Waals surface area contributed by atoms with Crippen molar-refractivity contribution >= 4 is 32.9 Å². The summed E-state index contributed by atoms with van der Waals surface area (Å²) in [4.78, 5) is 15.2. The Morgan fingerprint density at radius 2 is 2.12 bits per heavy atom. The Balaban J connectivity index is 0.000000399. The lowest BCUT2D eigenvalue weighted by Gasteiger charge is -2.22. The second-order valence-electron chi connectivity index (χ2n) is 5.61. The van der Waals surface area contributed by atoms with Gasteiger partial charge in [-0.1, -0.05) is 12.1 Å². The highest BCUT2D eigenvalue weighted by atomic mass is 32.2. The first kappa shape index (κ1) is 18.9. The standard InChI is InChI=1S/C14H16N4O2.CH4O3S/c1-20-10-6-5-8-11-7(10)3-2-4-9(11)17-12(8)13(19)18-14(15)16;1-5(2,3)4/h2-4,10,17H,5-6H2,1H3,(H4,15,16,18,19);1H3,(H,2,3,4). The van der Waals surface area contributed by atoms with E-state index in [0.717, 1.165) is 34.9 Å². The molecule has 25 heavy (non-hydrogen) atoms. The Hall–Kier alpha value is -2.43. The number of nitrogens with two attached hydrogens (primary N) is 1. The number of aromatic amines is 1. The first-order valence-electron chi connectivity index (χ1n) is 7.36. The number of hydrogen-bond donors (Lipinski definition) is 5. The van der Waals surface area contributed by atoms with Gasteiger partial charge in [0, 0.05) is 18.0 Å². The lowest BCUT2D eigenvalue weighted by atomic mass is 9.89. The molecule has 1 aliphatic carbocycles. The van der Waals surface area contributed by atoms with Crippen molar-refractivity contribution in [3.63, 3.8) is 0 Å². The maximum atomic E-state index is 12.1. The molecule has 1 aromatic heterocycles. The van der Waals surface area contributed by atoms with Gasteiger partial charge < -0.3 is 15.5 Å². The van der Waals surface area contributed by atoms with Crippen LogP contribution in [-0.2, 0) is 21.3 Å². The fraction of sp³-hybridized carbons (Fsp3) is 0.333. The minimum Gasteiger partial charge on any atom is -0.377 e. The molecular formula is C15H20N4O5S. The quantitative estimate of drug-likeness (QED) is 0.301. The largest absolute Gasteiger partial charge is 0.377 e. The summed E-state index contributed by atoms with van der Waals surface area (Å²) in [5.74, 6) is -0.725. The molecule has 0 saturated carbocycles. The van der Waals surface area contributed by atoms with Gasteiger partial charge in [0.05, 0.1) is 12.4 Å². The first-order chi connectivity index (χ1) is 11.6. The number of nitrogens with one attached hydrogen (secondary N) is 3. The molecule has 1 amide bonds. The van der Waals surface area contributed by atoms with E-state index >= 15 is 0 Å². The Labute approximate surface area is 144 Å². The van der Waals surface area contributed by atoms with Crippen LogP contribution in [0.25, 0.3) is 10.9 Å². The summed E-state index contributed by atoms with van der Waals surface area (Å²) in [5.41, 5.74) is 8.69. The molecule has 0 fully saturated rings. The summed E-state index contributed by atoms with van der Waals surface area (Å²) in [7, 11) is -1.97. The van der Waals surface area contributed by atoms with Gasteiger partial charge >= 0.3 is 0 Å². The average Bonchev–Trinajstić information content (AvgIpc) is 2.86. The number of methoxy groups -OCH3 is 1. The van der Waals surface area contributed by atoms with Gasteiger partial charge in [-0.05, 0) is 30.0 Å². The van der Waals surface area contributed by atoms with Gasteiger partial charge in [0.15, 0.2) is 5.96 Å². The number of carbonyl (C=O) groups excluding carboxylic acids is 1. The first-order valence-corrected chi connectivity index (χ1v) is 9.20. The third-order valence-electron chi connectivity index (χ3n) is 3.72. The summed E-state index contributed by atoms with van der Waals surface area (Å²) >= 11 is 0. The van der Waals surface area contributed by atoms with E-state index < -0.39 is 10.1 Å². The Morgan fingerprint density at radius 3 is 2.68 bits per heavy atom. The molecule has 1 aliphatic rings. The highest BCUT2D eigenvalue weighted by molar-refractivity contribution is 7.85. The van der Waals surface area contributed by atoms with Gasteiger partial charge in [-0.25, -0.2) is 0 Å². The molecular weight excluding hydrogens is 348 g/mol. The van der Waals surface area contributed by atoms with Crippen molar-refractivity contribution in [1.29, 1.82) is 5.41 Å². The van der Waals surface area contributed by atoms with Crippen LogP contribution in [0.3, 0.4) is 0 Å². The zero-order valence-corrected chi connectivity index (χ0v) is 14.6. The third-order valence-corrected chi connectivity index (χ3v) is 3.72. The van der Waals surface area contributed by atoms with Crippen LogP contribution < -0.4 is 11.1 Å². The molecule has 3 rings (SSSR count). The van der Waals surface area contributed by atoms with Crippen molar-refractivity contribution in [1.82, 2.24) is 10.3 Å². The molecule has 1 unspecified atom stereocenters. The highest BCUT2D eigenvalue weighted by Crippen LogP contribution is 2.38. The smallest absolute Gasteiger partial charge is 0.274 e. The van der Waals surface area contributed by atoms with Crippen LogP contribution in [0.5, 0.6) is 0 Å². The molecule has 1 atom stereocenters. The van der Waals surface area contributed by atoms with Gasteiger partial charge in [-0.2, -0.15) is 8.42 Å². The van der Waals surface area contributed by atoms with Gasteiger partial charge in [0.25, 0.3) is 16.0 Å². The van der Waals surface area contributed by atoms with E-state index in [1.54, 1.807) is 7.11 Å². The number of guanidine groups is 1. The molecule has 2 aromatic rings. The minimum absolute atomic E-state index is 0.0609. The van der Waals surface area contributed by atoms with E-state index in [-0.39, 0.29) is 18.0 Å². The van der Waals surface area contributed by atoms with E-state index in [0.29, 0.717) is 11.9 Å².